The number of hydrogen-bond acceptors (Lipinski definition) is 4. The summed E-state index contributed by atoms with van der Waals surface area (Å²) < 4.78 is 5.35. The summed E-state index contributed by atoms with van der Waals surface area (Å²) in [6.07, 6.45) is 5.05. The van der Waals surface area contributed by atoms with Gasteiger partial charge in [-0.25, -0.2) is 0 Å². The van der Waals surface area contributed by atoms with Crippen LogP contribution in [-0.2, 0) is 4.79 Å². The molecule has 0 spiro atoms. The highest BCUT2D eigenvalue weighted by Gasteiger charge is 2.48. The first kappa shape index (κ1) is 20.5. The van der Waals surface area contributed by atoms with Crippen LogP contribution >= 0.6 is 0 Å². The molecule has 1 aliphatic rings. The molecule has 1 aromatic carbocycles. The first-order valence-electron chi connectivity index (χ1n) is 9.32. The third kappa shape index (κ3) is 4.86. The number of ether oxygens (including phenoxy) is 1. The Kier molecular flexibility index (Phi) is 7.23. The molecule has 26 heavy (non-hydrogen) atoms. The zero-order valence-electron chi connectivity index (χ0n) is 16.0. The summed E-state index contributed by atoms with van der Waals surface area (Å²) in [6.45, 7) is 5.90. The smallest absolute Gasteiger partial charge is 0.313 e. The molecule has 0 unspecified atom stereocenters. The molecular weight excluding hydrogens is 330 g/mol. The lowest BCUT2D eigenvalue weighted by molar-refractivity contribution is -0.164. The highest BCUT2D eigenvalue weighted by atomic mass is 16.5. The summed E-state index contributed by atoms with van der Waals surface area (Å²) >= 11 is 0. The maximum atomic E-state index is 12.0. The van der Waals surface area contributed by atoms with Gasteiger partial charge in [0, 0.05) is 25.2 Å². The number of rotatable bonds is 8. The van der Waals surface area contributed by atoms with Crippen LogP contribution in [0.2, 0.25) is 0 Å². The second-order valence-electron chi connectivity index (χ2n) is 7.58. The Morgan fingerprint density at radius 1 is 1.42 bits per heavy atom. The first-order valence-corrected chi connectivity index (χ1v) is 9.32. The number of para-hydroxylation sites is 1. The van der Waals surface area contributed by atoms with Gasteiger partial charge in [0.25, 0.3) is 0 Å². The average molecular weight is 361 g/mol. The van der Waals surface area contributed by atoms with Gasteiger partial charge in [-0.05, 0) is 31.2 Å². The van der Waals surface area contributed by atoms with Gasteiger partial charge in [-0.3, -0.25) is 9.69 Å². The van der Waals surface area contributed by atoms with Gasteiger partial charge in [-0.15, -0.1) is 0 Å². The second-order valence-corrected chi connectivity index (χ2v) is 7.58. The summed E-state index contributed by atoms with van der Waals surface area (Å²) in [5, 5.41) is 20.3. The minimum Gasteiger partial charge on any atom is -0.496 e. The number of carboxylic acids is 1. The zero-order valence-corrected chi connectivity index (χ0v) is 16.0. The van der Waals surface area contributed by atoms with E-state index >= 15 is 0 Å². The summed E-state index contributed by atoms with van der Waals surface area (Å²) in [5.41, 5.74) is -0.0720. The lowest BCUT2D eigenvalue weighted by atomic mass is 9.73. The molecule has 2 atom stereocenters. The maximum Gasteiger partial charge on any atom is 0.313 e. The van der Waals surface area contributed by atoms with Crippen LogP contribution in [-0.4, -0.2) is 53.9 Å². The Labute approximate surface area is 156 Å². The minimum atomic E-state index is -1.07. The van der Waals surface area contributed by atoms with Crippen LogP contribution in [0.3, 0.4) is 0 Å². The van der Waals surface area contributed by atoms with E-state index in [1.165, 1.54) is 0 Å². The molecule has 0 aliphatic carbocycles. The van der Waals surface area contributed by atoms with Gasteiger partial charge < -0.3 is 14.9 Å². The average Bonchev–Trinajstić information content (AvgIpc) is 2.62. The van der Waals surface area contributed by atoms with Crippen LogP contribution in [0, 0.1) is 11.3 Å². The fraction of sp³-hybridized carbons (Fsp3) is 0.571. The zero-order chi connectivity index (χ0) is 19.2. The van der Waals surface area contributed by atoms with Crippen molar-refractivity contribution in [1.29, 1.82) is 0 Å². The van der Waals surface area contributed by atoms with Crippen molar-refractivity contribution in [2.75, 3.05) is 26.7 Å². The summed E-state index contributed by atoms with van der Waals surface area (Å²) in [7, 11) is 1.65. The monoisotopic (exact) mass is 361 g/mol. The number of carboxylic acid groups (broad SMARTS) is 1. The molecule has 2 N–H and O–H groups in total. The van der Waals surface area contributed by atoms with Gasteiger partial charge >= 0.3 is 5.97 Å². The fourth-order valence-corrected chi connectivity index (χ4v) is 3.56. The number of likely N-dealkylation sites (tertiary alicyclic amines) is 1. The molecule has 1 fully saturated rings. The van der Waals surface area contributed by atoms with Crippen molar-refractivity contribution in [2.45, 2.75) is 39.2 Å². The number of benzene rings is 1. The molecule has 1 aromatic rings. The number of hydrogen-bond donors (Lipinski definition) is 2. The Balaban J connectivity index is 2.06. The normalized spacial score (nSPS) is 24.3. The highest BCUT2D eigenvalue weighted by molar-refractivity contribution is 5.76. The number of carbonyl (C=O) groups is 1. The van der Waals surface area contributed by atoms with Crippen molar-refractivity contribution in [3.63, 3.8) is 0 Å². The molecule has 0 aromatic heterocycles. The van der Waals surface area contributed by atoms with Crippen molar-refractivity contribution in [3.05, 3.63) is 35.9 Å². The molecular formula is C21H31NO4. The van der Waals surface area contributed by atoms with E-state index in [4.69, 9.17) is 4.74 Å². The number of aliphatic hydroxyl groups excluding tert-OH is 1. The van der Waals surface area contributed by atoms with Crippen molar-refractivity contribution in [1.82, 2.24) is 4.90 Å². The van der Waals surface area contributed by atoms with Crippen molar-refractivity contribution >= 4 is 12.0 Å². The summed E-state index contributed by atoms with van der Waals surface area (Å²) in [4.78, 5) is 14.1. The van der Waals surface area contributed by atoms with Crippen molar-refractivity contribution < 1.29 is 19.7 Å². The lowest BCUT2D eigenvalue weighted by Gasteiger charge is -2.43. The summed E-state index contributed by atoms with van der Waals surface area (Å²) in [6, 6.07) is 7.79. The number of methoxy groups -OCH3 is 1. The fourth-order valence-electron chi connectivity index (χ4n) is 3.56. The van der Waals surface area contributed by atoms with E-state index in [0.29, 0.717) is 38.4 Å². The molecule has 2 rings (SSSR count). The molecule has 5 heteroatoms. The number of piperidine rings is 1. The molecule has 144 valence electrons. The Morgan fingerprint density at radius 2 is 2.15 bits per heavy atom. The molecule has 1 heterocycles. The molecule has 1 saturated heterocycles. The minimum absolute atomic E-state index is 0.381. The van der Waals surface area contributed by atoms with Crippen LogP contribution < -0.4 is 4.74 Å². The Morgan fingerprint density at radius 3 is 2.81 bits per heavy atom. The third-order valence-electron chi connectivity index (χ3n) is 5.26. The van der Waals surface area contributed by atoms with Crippen LogP contribution in [0.5, 0.6) is 5.75 Å². The van der Waals surface area contributed by atoms with Gasteiger partial charge in [0.05, 0.1) is 13.2 Å². The van der Waals surface area contributed by atoms with E-state index in [-0.39, 0.29) is 0 Å². The highest BCUT2D eigenvalue weighted by Crippen LogP contribution is 2.36. The predicted molar refractivity (Wildman–Crippen MR) is 103 cm³/mol. The third-order valence-corrected chi connectivity index (χ3v) is 5.26. The van der Waals surface area contributed by atoms with E-state index in [1.807, 2.05) is 36.4 Å². The van der Waals surface area contributed by atoms with Gasteiger partial charge in [0.1, 0.15) is 11.2 Å². The van der Waals surface area contributed by atoms with Crippen LogP contribution in [0.4, 0.5) is 0 Å². The second kappa shape index (κ2) is 9.19. The van der Waals surface area contributed by atoms with E-state index in [9.17, 15) is 15.0 Å². The molecule has 0 amide bonds. The summed E-state index contributed by atoms with van der Waals surface area (Å²) in [5.74, 6) is 0.345. The molecule has 5 nitrogen and oxygen atoms in total. The van der Waals surface area contributed by atoms with E-state index in [2.05, 4.69) is 18.7 Å². The Hall–Kier alpha value is -1.85. The van der Waals surface area contributed by atoms with Crippen molar-refractivity contribution in [3.8, 4) is 5.75 Å². The molecule has 1 aliphatic heterocycles. The van der Waals surface area contributed by atoms with Gasteiger partial charge in [-0.2, -0.15) is 0 Å². The molecule has 0 bridgehead atoms. The first-order chi connectivity index (χ1) is 12.4. The van der Waals surface area contributed by atoms with Crippen LogP contribution in [0.15, 0.2) is 30.3 Å². The van der Waals surface area contributed by atoms with Crippen LogP contribution in [0.1, 0.15) is 38.7 Å². The number of aliphatic carboxylic acids is 1. The number of aliphatic hydroxyl groups is 1. The SMILES string of the molecule is COc1ccccc1C=CCN1CC[C@H](O)[C@](CCC(C)C)(C(=O)O)C1. The van der Waals surface area contributed by atoms with Gasteiger partial charge in [-0.1, -0.05) is 44.2 Å². The van der Waals surface area contributed by atoms with Crippen molar-refractivity contribution in [2.24, 2.45) is 11.3 Å². The molecule has 0 saturated carbocycles. The van der Waals surface area contributed by atoms with E-state index in [0.717, 1.165) is 17.7 Å². The van der Waals surface area contributed by atoms with E-state index in [1.54, 1.807) is 7.11 Å². The quantitative estimate of drug-likeness (QED) is 0.744. The largest absolute Gasteiger partial charge is 0.496 e. The van der Waals surface area contributed by atoms with Gasteiger partial charge in [0.15, 0.2) is 0 Å². The number of nitrogens with zero attached hydrogens (tertiary/aromatic N) is 1. The van der Waals surface area contributed by atoms with Crippen LogP contribution in [0.25, 0.3) is 6.08 Å². The predicted octanol–water partition coefficient (Wildman–Crippen LogP) is 3.28. The standard InChI is InChI=1S/C21H31NO4/c1-16(2)10-12-21(20(24)25)15-22(14-11-19(21)23)13-6-8-17-7-4-5-9-18(17)26-3/h4-9,16,19,23H,10-15H2,1-3H3,(H,24,25)/t19-,21+/m0/s1. The molecule has 0 radical (unpaired) electrons. The van der Waals surface area contributed by atoms with E-state index < -0.39 is 17.5 Å². The lowest BCUT2D eigenvalue weighted by Crippen LogP contribution is -2.56. The van der Waals surface area contributed by atoms with Gasteiger partial charge in [0.2, 0.25) is 0 Å². The topological polar surface area (TPSA) is 70.0 Å². The Bertz CT molecular complexity index is 628. The maximum absolute atomic E-state index is 12.0.